The Labute approximate surface area is 106 Å². The van der Waals surface area contributed by atoms with Crippen LogP contribution in [-0.4, -0.2) is 34.4 Å². The van der Waals surface area contributed by atoms with E-state index < -0.39 is 0 Å². The summed E-state index contributed by atoms with van der Waals surface area (Å²) < 4.78 is 5.35. The van der Waals surface area contributed by atoms with Gasteiger partial charge in [0.1, 0.15) is 0 Å². The first kappa shape index (κ1) is 11.4. The number of hydrogen-bond donors (Lipinski definition) is 2. The molecule has 1 aliphatic heterocycles. The summed E-state index contributed by atoms with van der Waals surface area (Å²) in [6, 6.07) is 4.42. The fraction of sp³-hybridized carbons (Fsp3) is 0.385. The van der Waals surface area contributed by atoms with Crippen molar-refractivity contribution in [2.75, 3.05) is 13.2 Å². The van der Waals surface area contributed by atoms with Crippen molar-refractivity contribution < 1.29 is 4.74 Å². The average Bonchev–Trinajstić information content (AvgIpc) is 3.09. The van der Waals surface area contributed by atoms with E-state index in [1.54, 1.807) is 6.20 Å². The molecule has 1 unspecified atom stereocenters. The molecule has 1 atom stereocenters. The van der Waals surface area contributed by atoms with E-state index in [2.05, 4.69) is 20.5 Å². The van der Waals surface area contributed by atoms with Gasteiger partial charge in [0.15, 0.2) is 0 Å². The molecular formula is C13H16N4O. The zero-order valence-corrected chi connectivity index (χ0v) is 10.1. The van der Waals surface area contributed by atoms with Gasteiger partial charge in [0.05, 0.1) is 18.5 Å². The van der Waals surface area contributed by atoms with Gasteiger partial charge >= 0.3 is 0 Å². The van der Waals surface area contributed by atoms with Crippen LogP contribution in [-0.2, 0) is 11.3 Å². The summed E-state index contributed by atoms with van der Waals surface area (Å²) in [5.74, 6) is 0. The predicted molar refractivity (Wildman–Crippen MR) is 67.9 cm³/mol. The van der Waals surface area contributed by atoms with E-state index in [4.69, 9.17) is 4.74 Å². The third kappa shape index (κ3) is 2.42. The summed E-state index contributed by atoms with van der Waals surface area (Å²) in [4.78, 5) is 4.13. The number of H-pyrrole nitrogens is 1. The SMILES string of the molecule is c1cncc(-c2[nH]ncc2CNC2CCOC2)c1. The molecule has 5 heteroatoms. The normalized spacial score (nSPS) is 19.2. The number of hydrogen-bond acceptors (Lipinski definition) is 4. The molecular weight excluding hydrogens is 228 g/mol. The Morgan fingerprint density at radius 1 is 1.44 bits per heavy atom. The van der Waals surface area contributed by atoms with Crippen LogP contribution in [0.25, 0.3) is 11.3 Å². The smallest absolute Gasteiger partial charge is 0.0710 e. The van der Waals surface area contributed by atoms with Crippen molar-refractivity contribution in [3.05, 3.63) is 36.3 Å². The van der Waals surface area contributed by atoms with Crippen molar-refractivity contribution in [2.45, 2.75) is 19.0 Å². The van der Waals surface area contributed by atoms with Crippen LogP contribution in [0.2, 0.25) is 0 Å². The third-order valence-corrected chi connectivity index (χ3v) is 3.18. The monoisotopic (exact) mass is 244 g/mol. The van der Waals surface area contributed by atoms with E-state index in [0.717, 1.165) is 43.0 Å². The molecule has 0 aromatic carbocycles. The van der Waals surface area contributed by atoms with Crippen LogP contribution in [0.15, 0.2) is 30.7 Å². The molecule has 0 spiro atoms. The summed E-state index contributed by atoms with van der Waals surface area (Å²) in [6.45, 7) is 2.47. The van der Waals surface area contributed by atoms with Crippen molar-refractivity contribution >= 4 is 0 Å². The van der Waals surface area contributed by atoms with E-state index in [-0.39, 0.29) is 0 Å². The molecule has 0 radical (unpaired) electrons. The highest BCUT2D eigenvalue weighted by molar-refractivity contribution is 5.61. The third-order valence-electron chi connectivity index (χ3n) is 3.18. The van der Waals surface area contributed by atoms with Gasteiger partial charge in [0.25, 0.3) is 0 Å². The summed E-state index contributed by atoms with van der Waals surface area (Å²) in [5, 5.41) is 10.6. The Hall–Kier alpha value is -1.72. The van der Waals surface area contributed by atoms with Crippen molar-refractivity contribution in [2.24, 2.45) is 0 Å². The van der Waals surface area contributed by atoms with E-state index in [1.165, 1.54) is 0 Å². The molecule has 2 aromatic heterocycles. The van der Waals surface area contributed by atoms with E-state index in [1.807, 2.05) is 24.5 Å². The molecule has 0 amide bonds. The number of aromatic nitrogens is 3. The van der Waals surface area contributed by atoms with Gasteiger partial charge in [-0.05, 0) is 18.6 Å². The number of pyridine rings is 1. The Morgan fingerprint density at radius 2 is 2.44 bits per heavy atom. The summed E-state index contributed by atoms with van der Waals surface area (Å²) in [5.41, 5.74) is 3.26. The molecule has 2 N–H and O–H groups in total. The Kier molecular flexibility index (Phi) is 3.34. The minimum Gasteiger partial charge on any atom is -0.380 e. The van der Waals surface area contributed by atoms with Gasteiger partial charge < -0.3 is 10.1 Å². The molecule has 1 saturated heterocycles. The minimum atomic E-state index is 0.460. The second-order valence-electron chi connectivity index (χ2n) is 4.45. The topological polar surface area (TPSA) is 62.8 Å². The van der Waals surface area contributed by atoms with Gasteiger partial charge in [-0.15, -0.1) is 0 Å². The van der Waals surface area contributed by atoms with Gasteiger partial charge in [-0.25, -0.2) is 0 Å². The number of nitrogens with zero attached hydrogens (tertiary/aromatic N) is 2. The molecule has 94 valence electrons. The van der Waals surface area contributed by atoms with E-state index >= 15 is 0 Å². The molecule has 1 fully saturated rings. The molecule has 3 heterocycles. The fourth-order valence-corrected chi connectivity index (χ4v) is 2.16. The lowest BCUT2D eigenvalue weighted by Gasteiger charge is -2.10. The maximum atomic E-state index is 5.35. The molecule has 18 heavy (non-hydrogen) atoms. The lowest BCUT2D eigenvalue weighted by atomic mass is 10.1. The molecule has 2 aromatic rings. The van der Waals surface area contributed by atoms with Gasteiger partial charge in [-0.1, -0.05) is 0 Å². The lowest BCUT2D eigenvalue weighted by molar-refractivity contribution is 0.190. The van der Waals surface area contributed by atoms with Crippen LogP contribution in [0.4, 0.5) is 0 Å². The van der Waals surface area contributed by atoms with Gasteiger partial charge in [-0.2, -0.15) is 5.10 Å². The molecule has 0 saturated carbocycles. The van der Waals surface area contributed by atoms with Crippen LogP contribution in [0, 0.1) is 0 Å². The highest BCUT2D eigenvalue weighted by atomic mass is 16.5. The second-order valence-corrected chi connectivity index (χ2v) is 4.45. The van der Waals surface area contributed by atoms with Crippen LogP contribution in [0.1, 0.15) is 12.0 Å². The lowest BCUT2D eigenvalue weighted by Crippen LogP contribution is -2.28. The average molecular weight is 244 g/mol. The molecule has 0 aliphatic carbocycles. The highest BCUT2D eigenvalue weighted by Crippen LogP contribution is 2.19. The van der Waals surface area contributed by atoms with Crippen LogP contribution < -0.4 is 5.32 Å². The predicted octanol–water partition coefficient (Wildman–Crippen LogP) is 1.35. The summed E-state index contributed by atoms with van der Waals surface area (Å²) >= 11 is 0. The molecule has 3 rings (SSSR count). The first-order chi connectivity index (χ1) is 8.93. The summed E-state index contributed by atoms with van der Waals surface area (Å²) in [6.07, 6.45) is 6.56. The van der Waals surface area contributed by atoms with Crippen LogP contribution in [0.5, 0.6) is 0 Å². The quantitative estimate of drug-likeness (QED) is 0.852. The highest BCUT2D eigenvalue weighted by Gasteiger charge is 2.16. The number of nitrogens with one attached hydrogen (secondary N) is 2. The van der Waals surface area contributed by atoms with Crippen molar-refractivity contribution in [3.63, 3.8) is 0 Å². The Balaban J connectivity index is 1.71. The molecule has 0 bridgehead atoms. The van der Waals surface area contributed by atoms with Crippen LogP contribution in [0.3, 0.4) is 0 Å². The maximum Gasteiger partial charge on any atom is 0.0710 e. The van der Waals surface area contributed by atoms with Crippen molar-refractivity contribution in [3.8, 4) is 11.3 Å². The largest absolute Gasteiger partial charge is 0.380 e. The Bertz CT molecular complexity index is 491. The Morgan fingerprint density at radius 3 is 3.22 bits per heavy atom. The van der Waals surface area contributed by atoms with E-state index in [9.17, 15) is 0 Å². The summed E-state index contributed by atoms with van der Waals surface area (Å²) in [7, 11) is 0. The fourth-order valence-electron chi connectivity index (χ4n) is 2.16. The van der Waals surface area contributed by atoms with Crippen molar-refractivity contribution in [1.82, 2.24) is 20.5 Å². The van der Waals surface area contributed by atoms with Crippen molar-refractivity contribution in [1.29, 1.82) is 0 Å². The van der Waals surface area contributed by atoms with Gasteiger partial charge in [0, 0.05) is 42.7 Å². The maximum absolute atomic E-state index is 5.35. The first-order valence-electron chi connectivity index (χ1n) is 6.17. The minimum absolute atomic E-state index is 0.460. The molecule has 1 aliphatic rings. The van der Waals surface area contributed by atoms with Crippen LogP contribution >= 0.6 is 0 Å². The number of aromatic amines is 1. The van der Waals surface area contributed by atoms with Gasteiger partial charge in [-0.3, -0.25) is 10.1 Å². The first-order valence-corrected chi connectivity index (χ1v) is 6.17. The number of rotatable bonds is 4. The van der Waals surface area contributed by atoms with Gasteiger partial charge in [0.2, 0.25) is 0 Å². The van der Waals surface area contributed by atoms with E-state index in [0.29, 0.717) is 6.04 Å². The second kappa shape index (κ2) is 5.29. The number of ether oxygens (including phenoxy) is 1. The standard InChI is InChI=1S/C13H16N4O/c1-2-10(6-14-4-1)13-11(8-16-17-13)7-15-12-3-5-18-9-12/h1-2,4,6,8,12,15H,3,5,7,9H2,(H,16,17). The zero-order chi connectivity index (χ0) is 12.2. The molecule has 5 nitrogen and oxygen atoms in total. The zero-order valence-electron chi connectivity index (χ0n) is 10.1.